The molecule has 20 heavy (non-hydrogen) atoms. The van der Waals surface area contributed by atoms with Crippen molar-refractivity contribution in [2.75, 3.05) is 19.6 Å². The summed E-state index contributed by atoms with van der Waals surface area (Å²) in [5.41, 5.74) is -0.953. The zero-order valence-electron chi connectivity index (χ0n) is 11.9. The lowest BCUT2D eigenvalue weighted by molar-refractivity contribution is -0.128. The van der Waals surface area contributed by atoms with Crippen molar-refractivity contribution >= 4 is 12.0 Å². The minimum Gasteiger partial charge on any atom is -0.465 e. The standard InChI is InChI=1S/C14H25N3O3/c18-12(16-10-11-4-2-1-3-5-11)14(17-13(19)20)6-8-15-9-7-14/h11,15,17H,1-10H2,(H,16,18)(H,19,20). The summed E-state index contributed by atoms with van der Waals surface area (Å²) < 4.78 is 0. The fourth-order valence-corrected chi connectivity index (χ4v) is 3.26. The SMILES string of the molecule is O=C(O)NC1(C(=O)NCC2CCCCC2)CCNCC1. The Hall–Kier alpha value is -1.30. The molecule has 0 unspecified atom stereocenters. The van der Waals surface area contributed by atoms with Gasteiger partial charge >= 0.3 is 6.09 Å². The van der Waals surface area contributed by atoms with Gasteiger partial charge in [0, 0.05) is 6.54 Å². The molecule has 0 spiro atoms. The highest BCUT2D eigenvalue weighted by Crippen LogP contribution is 2.24. The van der Waals surface area contributed by atoms with Crippen molar-refractivity contribution in [1.82, 2.24) is 16.0 Å². The lowest BCUT2D eigenvalue weighted by Gasteiger charge is -2.36. The molecule has 0 atom stereocenters. The van der Waals surface area contributed by atoms with Gasteiger partial charge in [-0.25, -0.2) is 4.79 Å². The van der Waals surface area contributed by atoms with Crippen LogP contribution in [-0.4, -0.2) is 42.3 Å². The number of hydrogen-bond donors (Lipinski definition) is 4. The summed E-state index contributed by atoms with van der Waals surface area (Å²) in [5, 5.41) is 17.6. The van der Waals surface area contributed by atoms with Gasteiger partial charge in [0.15, 0.2) is 0 Å². The van der Waals surface area contributed by atoms with Crippen LogP contribution in [0.15, 0.2) is 0 Å². The van der Waals surface area contributed by atoms with E-state index >= 15 is 0 Å². The second-order valence-electron chi connectivity index (χ2n) is 5.98. The van der Waals surface area contributed by atoms with E-state index in [2.05, 4.69) is 16.0 Å². The van der Waals surface area contributed by atoms with E-state index in [1.165, 1.54) is 32.1 Å². The van der Waals surface area contributed by atoms with Gasteiger partial charge in [-0.3, -0.25) is 4.79 Å². The molecule has 0 aromatic rings. The Kier molecular flexibility index (Phi) is 5.23. The highest BCUT2D eigenvalue weighted by molar-refractivity contribution is 5.89. The topological polar surface area (TPSA) is 90.5 Å². The van der Waals surface area contributed by atoms with E-state index in [4.69, 9.17) is 5.11 Å². The first-order valence-electron chi connectivity index (χ1n) is 7.62. The Bertz CT molecular complexity index is 348. The number of carbonyl (C=O) groups is 2. The van der Waals surface area contributed by atoms with E-state index in [1.807, 2.05) is 0 Å². The molecule has 0 bridgehead atoms. The number of rotatable bonds is 4. The summed E-state index contributed by atoms with van der Waals surface area (Å²) in [6, 6.07) is 0. The van der Waals surface area contributed by atoms with Crippen LogP contribution in [0.4, 0.5) is 4.79 Å². The van der Waals surface area contributed by atoms with Gasteiger partial charge in [-0.15, -0.1) is 0 Å². The van der Waals surface area contributed by atoms with Gasteiger partial charge in [-0.2, -0.15) is 0 Å². The molecule has 2 amide bonds. The molecule has 2 fully saturated rings. The van der Waals surface area contributed by atoms with Gasteiger partial charge in [0.1, 0.15) is 5.54 Å². The van der Waals surface area contributed by atoms with Crippen LogP contribution in [-0.2, 0) is 4.79 Å². The van der Waals surface area contributed by atoms with E-state index in [9.17, 15) is 9.59 Å². The van der Waals surface area contributed by atoms with Crippen LogP contribution in [0.2, 0.25) is 0 Å². The summed E-state index contributed by atoms with van der Waals surface area (Å²) in [4.78, 5) is 23.4. The second-order valence-corrected chi connectivity index (χ2v) is 5.98. The zero-order chi connectivity index (χ0) is 14.4. The van der Waals surface area contributed by atoms with Crippen molar-refractivity contribution in [2.45, 2.75) is 50.5 Å². The van der Waals surface area contributed by atoms with Crippen LogP contribution < -0.4 is 16.0 Å². The van der Waals surface area contributed by atoms with Gasteiger partial charge < -0.3 is 21.1 Å². The molecule has 4 N–H and O–H groups in total. The Labute approximate surface area is 119 Å². The van der Waals surface area contributed by atoms with E-state index in [0.29, 0.717) is 38.4 Å². The molecule has 2 rings (SSSR count). The number of carbonyl (C=O) groups excluding carboxylic acids is 1. The summed E-state index contributed by atoms with van der Waals surface area (Å²) >= 11 is 0. The summed E-state index contributed by atoms with van der Waals surface area (Å²) in [6.07, 6.45) is 6.00. The van der Waals surface area contributed by atoms with E-state index in [1.54, 1.807) is 0 Å². The maximum absolute atomic E-state index is 12.4. The Morgan fingerprint density at radius 3 is 2.40 bits per heavy atom. The van der Waals surface area contributed by atoms with Crippen molar-refractivity contribution < 1.29 is 14.7 Å². The molecule has 1 aliphatic carbocycles. The summed E-state index contributed by atoms with van der Waals surface area (Å²) in [7, 11) is 0. The molecular weight excluding hydrogens is 258 g/mol. The van der Waals surface area contributed by atoms with Crippen molar-refractivity contribution in [3.8, 4) is 0 Å². The first kappa shape index (κ1) is 15.1. The Balaban J connectivity index is 1.90. The van der Waals surface area contributed by atoms with Crippen LogP contribution in [0.25, 0.3) is 0 Å². The van der Waals surface area contributed by atoms with Gasteiger partial charge in [0.25, 0.3) is 0 Å². The molecule has 6 heteroatoms. The van der Waals surface area contributed by atoms with Crippen molar-refractivity contribution in [3.05, 3.63) is 0 Å². The molecule has 114 valence electrons. The third kappa shape index (κ3) is 3.85. The van der Waals surface area contributed by atoms with Crippen LogP contribution in [0.3, 0.4) is 0 Å². The third-order valence-electron chi connectivity index (χ3n) is 4.51. The Morgan fingerprint density at radius 2 is 1.80 bits per heavy atom. The molecule has 0 aromatic heterocycles. The smallest absolute Gasteiger partial charge is 0.405 e. The Morgan fingerprint density at radius 1 is 1.15 bits per heavy atom. The van der Waals surface area contributed by atoms with Gasteiger partial charge in [0.2, 0.25) is 5.91 Å². The number of piperidine rings is 1. The van der Waals surface area contributed by atoms with E-state index in [-0.39, 0.29) is 5.91 Å². The largest absolute Gasteiger partial charge is 0.465 e. The lowest BCUT2D eigenvalue weighted by Crippen LogP contribution is -2.63. The first-order valence-corrected chi connectivity index (χ1v) is 7.62. The molecule has 2 aliphatic rings. The van der Waals surface area contributed by atoms with Crippen LogP contribution in [0.1, 0.15) is 44.9 Å². The number of amides is 2. The van der Waals surface area contributed by atoms with Crippen LogP contribution >= 0.6 is 0 Å². The highest BCUT2D eigenvalue weighted by Gasteiger charge is 2.41. The maximum Gasteiger partial charge on any atom is 0.405 e. The normalized spacial score (nSPS) is 23.0. The zero-order valence-corrected chi connectivity index (χ0v) is 11.9. The predicted octanol–water partition coefficient (Wildman–Crippen LogP) is 1.07. The fraction of sp³-hybridized carbons (Fsp3) is 0.857. The van der Waals surface area contributed by atoms with Gasteiger partial charge in [-0.05, 0) is 44.7 Å². The molecule has 1 saturated carbocycles. The van der Waals surface area contributed by atoms with Crippen molar-refractivity contribution in [3.63, 3.8) is 0 Å². The third-order valence-corrected chi connectivity index (χ3v) is 4.51. The van der Waals surface area contributed by atoms with Crippen molar-refractivity contribution in [2.24, 2.45) is 5.92 Å². The molecule has 1 aliphatic heterocycles. The molecule has 6 nitrogen and oxygen atoms in total. The average molecular weight is 283 g/mol. The van der Waals surface area contributed by atoms with Crippen LogP contribution in [0.5, 0.6) is 0 Å². The molecule has 1 heterocycles. The molecule has 1 saturated heterocycles. The highest BCUT2D eigenvalue weighted by atomic mass is 16.4. The number of nitrogens with one attached hydrogen (secondary N) is 3. The van der Waals surface area contributed by atoms with E-state index in [0.717, 1.165) is 0 Å². The van der Waals surface area contributed by atoms with Gasteiger partial charge in [0.05, 0.1) is 0 Å². The fourth-order valence-electron chi connectivity index (χ4n) is 3.26. The minimum absolute atomic E-state index is 0.160. The summed E-state index contributed by atoms with van der Waals surface area (Å²) in [6.45, 7) is 2.00. The van der Waals surface area contributed by atoms with E-state index < -0.39 is 11.6 Å². The lowest BCUT2D eigenvalue weighted by atomic mass is 9.86. The predicted molar refractivity (Wildman–Crippen MR) is 75.6 cm³/mol. The first-order chi connectivity index (χ1) is 9.62. The molecule has 0 radical (unpaired) electrons. The summed E-state index contributed by atoms with van der Waals surface area (Å²) in [5.74, 6) is 0.392. The second kappa shape index (κ2) is 6.92. The number of hydrogen-bond acceptors (Lipinski definition) is 3. The van der Waals surface area contributed by atoms with Gasteiger partial charge in [-0.1, -0.05) is 19.3 Å². The number of carboxylic acid groups (broad SMARTS) is 1. The average Bonchev–Trinajstić information content (AvgIpc) is 2.46. The quantitative estimate of drug-likeness (QED) is 0.621. The minimum atomic E-state index is -1.13. The monoisotopic (exact) mass is 283 g/mol. The molecule has 0 aromatic carbocycles. The molecular formula is C14H25N3O3. The van der Waals surface area contributed by atoms with Crippen LogP contribution in [0, 0.1) is 5.92 Å². The van der Waals surface area contributed by atoms with Crippen molar-refractivity contribution in [1.29, 1.82) is 0 Å². The maximum atomic E-state index is 12.4.